The molecule has 1 fully saturated rings. The second-order valence-electron chi connectivity index (χ2n) is 5.01. The molecule has 0 spiro atoms. The zero-order chi connectivity index (χ0) is 13.9. The average molecular weight is 258 g/mol. The van der Waals surface area contributed by atoms with Gasteiger partial charge in [0.05, 0.1) is 6.10 Å². The topological polar surface area (TPSA) is 92.9 Å². The van der Waals surface area contributed by atoms with Crippen molar-refractivity contribution in [1.82, 2.24) is 4.90 Å². The zero-order valence-corrected chi connectivity index (χ0v) is 11.2. The van der Waals surface area contributed by atoms with Crippen LogP contribution in [0.15, 0.2) is 0 Å². The number of hydrogen-bond acceptors (Lipinski definition) is 4. The number of carboxylic acid groups (broad SMARTS) is 1. The van der Waals surface area contributed by atoms with Gasteiger partial charge in [0.1, 0.15) is 11.6 Å². The monoisotopic (exact) mass is 258 g/mol. The summed E-state index contributed by atoms with van der Waals surface area (Å²) in [5.74, 6) is -1.29. The molecule has 1 saturated heterocycles. The maximum atomic E-state index is 12.3. The predicted molar refractivity (Wildman–Crippen MR) is 66.1 cm³/mol. The molecular formula is C12H22N2O4. The minimum Gasteiger partial charge on any atom is -0.480 e. The van der Waals surface area contributed by atoms with Gasteiger partial charge in [-0.25, -0.2) is 4.79 Å². The number of carbonyl (C=O) groups is 2. The molecule has 1 heterocycles. The van der Waals surface area contributed by atoms with Crippen molar-refractivity contribution in [3.05, 3.63) is 0 Å². The van der Waals surface area contributed by atoms with Crippen molar-refractivity contribution in [1.29, 1.82) is 0 Å². The summed E-state index contributed by atoms with van der Waals surface area (Å²) in [5.41, 5.74) is 4.27. The van der Waals surface area contributed by atoms with Crippen LogP contribution in [0.3, 0.4) is 0 Å². The van der Waals surface area contributed by atoms with Gasteiger partial charge in [-0.2, -0.15) is 0 Å². The van der Waals surface area contributed by atoms with Crippen molar-refractivity contribution in [3.63, 3.8) is 0 Å². The standard InChI is InChI=1S/C12H22N2O4/c1-4-14(12(2,3)11(16)17)10(15)9-6-5-8(7-13)18-9/h8-9H,4-7,13H2,1-3H3,(H,16,17). The maximum Gasteiger partial charge on any atom is 0.329 e. The number of likely N-dealkylation sites (N-methyl/N-ethyl adjacent to an activating group) is 1. The summed E-state index contributed by atoms with van der Waals surface area (Å²) in [6.45, 7) is 5.53. The van der Waals surface area contributed by atoms with Gasteiger partial charge in [-0.3, -0.25) is 4.79 Å². The Bertz CT molecular complexity index is 330. The highest BCUT2D eigenvalue weighted by Gasteiger charge is 2.41. The van der Waals surface area contributed by atoms with Gasteiger partial charge in [0.25, 0.3) is 5.91 Å². The molecule has 0 aromatic heterocycles. The lowest BCUT2D eigenvalue weighted by Gasteiger charge is -2.35. The maximum absolute atomic E-state index is 12.3. The fraction of sp³-hybridized carbons (Fsp3) is 0.833. The molecule has 0 aliphatic carbocycles. The summed E-state index contributed by atoms with van der Waals surface area (Å²) in [7, 11) is 0. The molecule has 2 unspecified atom stereocenters. The lowest BCUT2D eigenvalue weighted by atomic mass is 10.0. The summed E-state index contributed by atoms with van der Waals surface area (Å²) < 4.78 is 5.52. The van der Waals surface area contributed by atoms with E-state index >= 15 is 0 Å². The average Bonchev–Trinajstić information content (AvgIpc) is 2.77. The first-order valence-electron chi connectivity index (χ1n) is 6.25. The second kappa shape index (κ2) is 5.67. The smallest absolute Gasteiger partial charge is 0.329 e. The van der Waals surface area contributed by atoms with Crippen LogP contribution < -0.4 is 5.73 Å². The summed E-state index contributed by atoms with van der Waals surface area (Å²) in [5, 5.41) is 9.18. The first kappa shape index (κ1) is 14.9. The molecule has 0 bridgehead atoms. The van der Waals surface area contributed by atoms with Crippen molar-refractivity contribution in [2.75, 3.05) is 13.1 Å². The molecule has 18 heavy (non-hydrogen) atoms. The van der Waals surface area contributed by atoms with Crippen LogP contribution in [0.25, 0.3) is 0 Å². The van der Waals surface area contributed by atoms with E-state index in [-0.39, 0.29) is 12.0 Å². The molecule has 0 aromatic carbocycles. The van der Waals surface area contributed by atoms with E-state index in [1.54, 1.807) is 6.92 Å². The van der Waals surface area contributed by atoms with Crippen LogP contribution >= 0.6 is 0 Å². The Labute approximate surface area is 107 Å². The van der Waals surface area contributed by atoms with E-state index in [4.69, 9.17) is 10.5 Å². The number of carbonyl (C=O) groups excluding carboxylic acids is 1. The molecule has 1 amide bonds. The van der Waals surface area contributed by atoms with E-state index in [0.29, 0.717) is 19.5 Å². The second-order valence-corrected chi connectivity index (χ2v) is 5.01. The highest BCUT2D eigenvalue weighted by Crippen LogP contribution is 2.24. The normalized spacial score (nSPS) is 24.0. The number of ether oxygens (including phenoxy) is 1. The number of rotatable bonds is 5. The lowest BCUT2D eigenvalue weighted by molar-refractivity contribution is -0.161. The van der Waals surface area contributed by atoms with Crippen LogP contribution in [0.4, 0.5) is 0 Å². The van der Waals surface area contributed by atoms with Gasteiger partial charge in [0.2, 0.25) is 0 Å². The van der Waals surface area contributed by atoms with Gasteiger partial charge in [-0.1, -0.05) is 0 Å². The number of amides is 1. The molecule has 104 valence electrons. The van der Waals surface area contributed by atoms with Crippen molar-refractivity contribution in [3.8, 4) is 0 Å². The molecule has 0 aromatic rings. The zero-order valence-electron chi connectivity index (χ0n) is 11.2. The Morgan fingerprint density at radius 2 is 2.06 bits per heavy atom. The minimum absolute atomic E-state index is 0.0920. The molecule has 6 heteroatoms. The van der Waals surface area contributed by atoms with Crippen LogP contribution in [0.2, 0.25) is 0 Å². The van der Waals surface area contributed by atoms with Crippen LogP contribution in [0.5, 0.6) is 0 Å². The van der Waals surface area contributed by atoms with E-state index in [1.165, 1.54) is 18.7 Å². The highest BCUT2D eigenvalue weighted by molar-refractivity contribution is 5.88. The molecular weight excluding hydrogens is 236 g/mol. The van der Waals surface area contributed by atoms with E-state index in [9.17, 15) is 14.7 Å². The molecule has 1 aliphatic heterocycles. The summed E-state index contributed by atoms with van der Waals surface area (Å²) >= 11 is 0. The third kappa shape index (κ3) is 2.81. The minimum atomic E-state index is -1.23. The molecule has 0 radical (unpaired) electrons. The van der Waals surface area contributed by atoms with Gasteiger partial charge >= 0.3 is 5.97 Å². The first-order chi connectivity index (χ1) is 8.34. The van der Waals surface area contributed by atoms with Crippen molar-refractivity contribution in [2.24, 2.45) is 5.73 Å². The van der Waals surface area contributed by atoms with Gasteiger partial charge < -0.3 is 20.5 Å². The fourth-order valence-electron chi connectivity index (χ4n) is 2.18. The van der Waals surface area contributed by atoms with Gasteiger partial charge in [0.15, 0.2) is 0 Å². The van der Waals surface area contributed by atoms with Crippen LogP contribution in [0.1, 0.15) is 33.6 Å². The molecule has 2 atom stereocenters. The van der Waals surface area contributed by atoms with E-state index in [2.05, 4.69) is 0 Å². The first-order valence-corrected chi connectivity index (χ1v) is 6.25. The quantitative estimate of drug-likeness (QED) is 0.735. The molecule has 3 N–H and O–H groups in total. The van der Waals surface area contributed by atoms with Gasteiger partial charge in [0, 0.05) is 13.1 Å². The Morgan fingerprint density at radius 3 is 2.44 bits per heavy atom. The lowest BCUT2D eigenvalue weighted by Crippen LogP contribution is -2.55. The van der Waals surface area contributed by atoms with Crippen molar-refractivity contribution < 1.29 is 19.4 Å². The summed E-state index contributed by atoms with van der Waals surface area (Å²) in [4.78, 5) is 24.8. The molecule has 0 saturated carbocycles. The largest absolute Gasteiger partial charge is 0.480 e. The molecule has 1 aliphatic rings. The van der Waals surface area contributed by atoms with E-state index in [1.807, 2.05) is 0 Å². The van der Waals surface area contributed by atoms with Crippen LogP contribution in [0, 0.1) is 0 Å². The number of aliphatic carboxylic acids is 1. The number of hydrogen-bond donors (Lipinski definition) is 2. The predicted octanol–water partition coefficient (Wildman–Crippen LogP) is 0.204. The SMILES string of the molecule is CCN(C(=O)C1CCC(CN)O1)C(C)(C)C(=O)O. The fourth-order valence-corrected chi connectivity index (χ4v) is 2.18. The highest BCUT2D eigenvalue weighted by atomic mass is 16.5. The Balaban J connectivity index is 2.78. The summed E-state index contributed by atoms with van der Waals surface area (Å²) in [6.07, 6.45) is 0.702. The van der Waals surface area contributed by atoms with Crippen molar-refractivity contribution >= 4 is 11.9 Å². The number of carboxylic acids is 1. The molecule has 6 nitrogen and oxygen atoms in total. The van der Waals surface area contributed by atoms with Gasteiger partial charge in [-0.15, -0.1) is 0 Å². The Kier molecular flexibility index (Phi) is 4.70. The Hall–Kier alpha value is -1.14. The molecule has 1 rings (SSSR count). The number of nitrogens with two attached hydrogens (primary N) is 1. The van der Waals surface area contributed by atoms with Gasteiger partial charge in [-0.05, 0) is 33.6 Å². The third-order valence-corrected chi connectivity index (χ3v) is 3.43. The van der Waals surface area contributed by atoms with Crippen LogP contribution in [-0.2, 0) is 14.3 Å². The third-order valence-electron chi connectivity index (χ3n) is 3.43. The Morgan fingerprint density at radius 1 is 1.44 bits per heavy atom. The van der Waals surface area contributed by atoms with Crippen LogP contribution in [-0.4, -0.2) is 52.7 Å². The van der Waals surface area contributed by atoms with E-state index < -0.39 is 17.6 Å². The summed E-state index contributed by atoms with van der Waals surface area (Å²) in [6, 6.07) is 0. The van der Waals surface area contributed by atoms with E-state index in [0.717, 1.165) is 6.42 Å². The number of nitrogens with zero attached hydrogens (tertiary/aromatic N) is 1. The van der Waals surface area contributed by atoms with Crippen molar-refractivity contribution in [2.45, 2.75) is 51.4 Å².